The van der Waals surface area contributed by atoms with E-state index in [1.54, 1.807) is 0 Å². The molecule has 80 valence electrons. The minimum Gasteiger partial charge on any atom is -0.342 e. The third kappa shape index (κ3) is 1.90. The van der Waals surface area contributed by atoms with Crippen LogP contribution in [0.2, 0.25) is 0 Å². The predicted molar refractivity (Wildman–Crippen MR) is 51.6 cm³/mol. The van der Waals surface area contributed by atoms with Gasteiger partial charge in [0.15, 0.2) is 0 Å². The van der Waals surface area contributed by atoms with Crippen LogP contribution in [-0.2, 0) is 4.79 Å². The van der Waals surface area contributed by atoms with Crippen LogP contribution in [0.15, 0.2) is 0 Å². The molecular weight excluding hydrogens is 183 g/mol. The van der Waals surface area contributed by atoms with E-state index >= 15 is 0 Å². The minimum absolute atomic E-state index is 0.0910. The first-order chi connectivity index (χ1) is 6.81. The largest absolute Gasteiger partial charge is 0.342 e. The van der Waals surface area contributed by atoms with E-state index in [9.17, 15) is 9.18 Å². The number of alkyl halides is 1. The van der Waals surface area contributed by atoms with E-state index in [1.807, 2.05) is 4.90 Å². The van der Waals surface area contributed by atoms with Crippen molar-refractivity contribution in [3.63, 3.8) is 0 Å². The highest BCUT2D eigenvalue weighted by atomic mass is 19.1. The Hall–Kier alpha value is -0.640. The zero-order valence-electron chi connectivity index (χ0n) is 8.34. The molecule has 1 amide bonds. The van der Waals surface area contributed by atoms with Gasteiger partial charge in [0.25, 0.3) is 0 Å². The summed E-state index contributed by atoms with van der Waals surface area (Å²) in [5.41, 5.74) is 0. The molecule has 0 bridgehead atoms. The van der Waals surface area contributed by atoms with Crippen LogP contribution in [-0.4, -0.2) is 43.7 Å². The average Bonchev–Trinajstić information content (AvgIpc) is 2.88. The van der Waals surface area contributed by atoms with Crippen molar-refractivity contribution >= 4 is 5.91 Å². The lowest BCUT2D eigenvalue weighted by atomic mass is 10.1. The fourth-order valence-corrected chi connectivity index (χ4v) is 2.28. The Morgan fingerprint density at radius 3 is 2.93 bits per heavy atom. The molecule has 4 heteroatoms. The average molecular weight is 200 g/mol. The van der Waals surface area contributed by atoms with E-state index in [0.29, 0.717) is 6.54 Å². The van der Waals surface area contributed by atoms with Crippen molar-refractivity contribution in [3.8, 4) is 0 Å². The van der Waals surface area contributed by atoms with E-state index in [2.05, 4.69) is 5.32 Å². The van der Waals surface area contributed by atoms with Crippen LogP contribution >= 0.6 is 0 Å². The van der Waals surface area contributed by atoms with E-state index in [0.717, 1.165) is 32.5 Å². The first-order valence-corrected chi connectivity index (χ1v) is 5.36. The highest BCUT2D eigenvalue weighted by Crippen LogP contribution is 2.20. The summed E-state index contributed by atoms with van der Waals surface area (Å²) in [5.74, 6) is 0.465. The quantitative estimate of drug-likeness (QED) is 0.700. The number of hydrogen-bond donors (Lipinski definition) is 1. The van der Waals surface area contributed by atoms with Gasteiger partial charge >= 0.3 is 0 Å². The third-order valence-electron chi connectivity index (χ3n) is 3.23. The van der Waals surface area contributed by atoms with Gasteiger partial charge in [-0.25, -0.2) is 0 Å². The van der Waals surface area contributed by atoms with Crippen LogP contribution in [0.4, 0.5) is 4.39 Å². The molecule has 2 heterocycles. The highest BCUT2D eigenvalue weighted by molar-refractivity contribution is 5.79. The fourth-order valence-electron chi connectivity index (χ4n) is 2.28. The van der Waals surface area contributed by atoms with Crippen LogP contribution in [0.3, 0.4) is 0 Å². The van der Waals surface area contributed by atoms with Crippen molar-refractivity contribution in [1.82, 2.24) is 10.2 Å². The van der Waals surface area contributed by atoms with Gasteiger partial charge in [-0.1, -0.05) is 0 Å². The van der Waals surface area contributed by atoms with E-state index < -0.39 is 0 Å². The predicted octanol–water partition coefficient (Wildman–Crippen LogP) is 0.414. The van der Waals surface area contributed by atoms with Gasteiger partial charge in [-0.05, 0) is 19.4 Å². The molecule has 0 spiro atoms. The number of rotatable bonds is 2. The highest BCUT2D eigenvalue weighted by Gasteiger charge is 2.31. The number of nitrogens with one attached hydrogen (secondary N) is 1. The summed E-state index contributed by atoms with van der Waals surface area (Å²) >= 11 is 0. The first-order valence-electron chi connectivity index (χ1n) is 5.36. The monoisotopic (exact) mass is 200 g/mol. The zero-order valence-corrected chi connectivity index (χ0v) is 8.34. The minimum atomic E-state index is -0.285. The van der Waals surface area contributed by atoms with Gasteiger partial charge in [0, 0.05) is 25.6 Å². The van der Waals surface area contributed by atoms with Crippen LogP contribution < -0.4 is 5.32 Å². The maximum Gasteiger partial charge on any atom is 0.227 e. The van der Waals surface area contributed by atoms with E-state index in [4.69, 9.17) is 0 Å². The molecule has 0 radical (unpaired) electrons. The van der Waals surface area contributed by atoms with Gasteiger partial charge in [-0.15, -0.1) is 0 Å². The molecule has 3 nitrogen and oxygen atoms in total. The summed E-state index contributed by atoms with van der Waals surface area (Å²) in [5, 5.41) is 3.18. The number of carbonyl (C=O) groups is 1. The summed E-state index contributed by atoms with van der Waals surface area (Å²) in [6.07, 6.45) is 1.78. The maximum absolute atomic E-state index is 12.4. The van der Waals surface area contributed by atoms with Gasteiger partial charge in [0.1, 0.15) is 0 Å². The lowest BCUT2D eigenvalue weighted by Crippen LogP contribution is -2.35. The Morgan fingerprint density at radius 2 is 2.36 bits per heavy atom. The molecule has 2 aliphatic heterocycles. The Balaban J connectivity index is 1.86. The molecule has 2 rings (SSSR count). The van der Waals surface area contributed by atoms with Crippen molar-refractivity contribution in [1.29, 1.82) is 0 Å². The number of amides is 1. The molecule has 0 aromatic carbocycles. The standard InChI is InChI=1S/C10H17FN2O/c11-5-8-2-4-13(7-8)10(14)9-1-3-12-6-9/h8-9,12H,1-7H2/t8-,9-/m0/s1. The van der Waals surface area contributed by atoms with E-state index in [-0.39, 0.29) is 24.4 Å². The molecule has 2 atom stereocenters. The second-order valence-electron chi connectivity index (χ2n) is 4.28. The summed E-state index contributed by atoms with van der Waals surface area (Å²) in [7, 11) is 0. The molecule has 0 aromatic rings. The molecule has 2 aliphatic rings. The fraction of sp³-hybridized carbons (Fsp3) is 0.900. The first kappa shape index (κ1) is 9.90. The molecule has 0 saturated carbocycles. The molecule has 2 saturated heterocycles. The molecule has 0 unspecified atom stereocenters. The van der Waals surface area contributed by atoms with Gasteiger partial charge < -0.3 is 10.2 Å². The van der Waals surface area contributed by atoms with Crippen molar-refractivity contribution in [3.05, 3.63) is 0 Å². The number of nitrogens with zero attached hydrogens (tertiary/aromatic N) is 1. The molecule has 1 N–H and O–H groups in total. The molecule has 0 aromatic heterocycles. The summed E-state index contributed by atoms with van der Waals surface area (Å²) < 4.78 is 12.4. The molecular formula is C10H17FN2O. The molecule has 14 heavy (non-hydrogen) atoms. The Kier molecular flexibility index (Phi) is 3.01. The van der Waals surface area contributed by atoms with E-state index in [1.165, 1.54) is 0 Å². The second-order valence-corrected chi connectivity index (χ2v) is 4.28. The maximum atomic E-state index is 12.4. The van der Waals surface area contributed by atoms with Gasteiger partial charge in [-0.2, -0.15) is 0 Å². The Labute approximate surface area is 83.6 Å². The van der Waals surface area contributed by atoms with Crippen molar-refractivity contribution < 1.29 is 9.18 Å². The van der Waals surface area contributed by atoms with Gasteiger partial charge in [-0.3, -0.25) is 9.18 Å². The van der Waals surface area contributed by atoms with Crippen molar-refractivity contribution in [2.75, 3.05) is 32.9 Å². The van der Waals surface area contributed by atoms with Crippen molar-refractivity contribution in [2.24, 2.45) is 11.8 Å². The summed E-state index contributed by atoms with van der Waals surface area (Å²) in [6, 6.07) is 0. The lowest BCUT2D eigenvalue weighted by molar-refractivity contribution is -0.133. The lowest BCUT2D eigenvalue weighted by Gasteiger charge is -2.19. The van der Waals surface area contributed by atoms with Crippen molar-refractivity contribution in [2.45, 2.75) is 12.8 Å². The molecule has 0 aliphatic carbocycles. The topological polar surface area (TPSA) is 32.3 Å². The molecule has 2 fully saturated rings. The number of carbonyl (C=O) groups excluding carboxylic acids is 1. The SMILES string of the molecule is O=C([C@H]1CCNC1)N1CC[C@@H](CF)C1. The van der Waals surface area contributed by atoms with Gasteiger partial charge in [0.05, 0.1) is 12.6 Å². The summed E-state index contributed by atoms with van der Waals surface area (Å²) in [4.78, 5) is 13.7. The normalized spacial score (nSPS) is 32.5. The van der Waals surface area contributed by atoms with Crippen LogP contribution in [0.1, 0.15) is 12.8 Å². The number of likely N-dealkylation sites (tertiary alicyclic amines) is 1. The smallest absolute Gasteiger partial charge is 0.227 e. The Bertz CT molecular complexity index is 216. The third-order valence-corrected chi connectivity index (χ3v) is 3.23. The number of hydrogen-bond acceptors (Lipinski definition) is 2. The Morgan fingerprint density at radius 1 is 1.50 bits per heavy atom. The second kappa shape index (κ2) is 4.26. The summed E-state index contributed by atoms with van der Waals surface area (Å²) in [6.45, 7) is 2.84. The zero-order chi connectivity index (χ0) is 9.97. The van der Waals surface area contributed by atoms with Crippen LogP contribution in [0, 0.1) is 11.8 Å². The van der Waals surface area contributed by atoms with Crippen LogP contribution in [0.5, 0.6) is 0 Å². The van der Waals surface area contributed by atoms with Crippen LogP contribution in [0.25, 0.3) is 0 Å². The van der Waals surface area contributed by atoms with Gasteiger partial charge in [0.2, 0.25) is 5.91 Å². The number of halogens is 1.